The van der Waals surface area contributed by atoms with Crippen LogP contribution in [-0.2, 0) is 4.79 Å². The van der Waals surface area contributed by atoms with E-state index < -0.39 is 0 Å². The number of rotatable bonds is 5. The first-order chi connectivity index (χ1) is 10.5. The number of carbonyl (C=O) groups is 1. The number of hydrogen-bond acceptors (Lipinski definition) is 2. The van der Waals surface area contributed by atoms with Crippen LogP contribution in [0.25, 0.3) is 0 Å². The molecule has 0 spiro atoms. The zero-order valence-electron chi connectivity index (χ0n) is 13.7. The van der Waals surface area contributed by atoms with E-state index in [1.54, 1.807) is 0 Å². The summed E-state index contributed by atoms with van der Waals surface area (Å²) in [5, 5.41) is 6.33. The number of anilines is 1. The maximum Gasteiger partial charge on any atom is 0.241 e. The fourth-order valence-electron chi connectivity index (χ4n) is 2.48. The summed E-state index contributed by atoms with van der Waals surface area (Å²) in [6.45, 7) is 8.01. The first-order valence-electron chi connectivity index (χ1n) is 7.66. The molecule has 1 amide bonds. The number of nitrogens with one attached hydrogen (secondary N) is 2. The normalized spacial score (nSPS) is 13.5. The molecule has 2 rings (SSSR count). The Hall–Kier alpha value is -2.13. The molecule has 2 aromatic carbocycles. The molecule has 0 saturated heterocycles. The van der Waals surface area contributed by atoms with Crippen LogP contribution in [0.5, 0.6) is 0 Å². The van der Waals surface area contributed by atoms with E-state index in [2.05, 4.69) is 35.8 Å². The maximum absolute atomic E-state index is 12.3. The molecular weight excluding hydrogens is 272 g/mol. The van der Waals surface area contributed by atoms with Crippen molar-refractivity contribution in [2.75, 3.05) is 5.32 Å². The lowest BCUT2D eigenvalue weighted by Gasteiger charge is -2.20. The Morgan fingerprint density at radius 3 is 2.32 bits per heavy atom. The molecule has 0 saturated carbocycles. The second kappa shape index (κ2) is 7.23. The minimum Gasteiger partial charge on any atom is -0.324 e. The molecule has 0 fully saturated rings. The summed E-state index contributed by atoms with van der Waals surface area (Å²) in [5.74, 6) is -0.0188. The summed E-state index contributed by atoms with van der Waals surface area (Å²) in [4.78, 5) is 12.3. The van der Waals surface area contributed by atoms with Crippen molar-refractivity contribution in [3.8, 4) is 0 Å². The highest BCUT2D eigenvalue weighted by Crippen LogP contribution is 2.17. The zero-order valence-corrected chi connectivity index (χ0v) is 13.7. The third-order valence-corrected chi connectivity index (χ3v) is 3.83. The largest absolute Gasteiger partial charge is 0.324 e. The Labute approximate surface area is 132 Å². The van der Waals surface area contributed by atoms with Gasteiger partial charge in [-0.1, -0.05) is 48.0 Å². The Bertz CT molecular complexity index is 637. The van der Waals surface area contributed by atoms with Gasteiger partial charge in [0, 0.05) is 11.7 Å². The minimum absolute atomic E-state index is 0.0188. The quantitative estimate of drug-likeness (QED) is 0.876. The molecule has 0 aliphatic heterocycles. The summed E-state index contributed by atoms with van der Waals surface area (Å²) >= 11 is 0. The molecule has 3 heteroatoms. The first-order valence-corrected chi connectivity index (χ1v) is 7.66. The van der Waals surface area contributed by atoms with E-state index in [4.69, 9.17) is 0 Å². The number of amides is 1. The predicted molar refractivity (Wildman–Crippen MR) is 92.0 cm³/mol. The van der Waals surface area contributed by atoms with Crippen LogP contribution < -0.4 is 10.6 Å². The van der Waals surface area contributed by atoms with E-state index in [1.807, 2.05) is 51.1 Å². The molecule has 0 heterocycles. The van der Waals surface area contributed by atoms with Crippen LogP contribution in [0.1, 0.15) is 36.6 Å². The molecule has 22 heavy (non-hydrogen) atoms. The molecule has 0 bridgehead atoms. The third kappa shape index (κ3) is 4.18. The average molecular weight is 296 g/mol. The lowest BCUT2D eigenvalue weighted by Crippen LogP contribution is -2.39. The fraction of sp³-hybridized carbons (Fsp3) is 0.316. The van der Waals surface area contributed by atoms with Gasteiger partial charge >= 0.3 is 0 Å². The molecule has 0 aliphatic rings. The van der Waals surface area contributed by atoms with Crippen molar-refractivity contribution < 1.29 is 4.79 Å². The molecule has 2 atom stereocenters. The topological polar surface area (TPSA) is 41.1 Å². The summed E-state index contributed by atoms with van der Waals surface area (Å²) in [6, 6.07) is 16.0. The molecule has 0 aromatic heterocycles. The van der Waals surface area contributed by atoms with Gasteiger partial charge in [-0.15, -0.1) is 0 Å². The molecule has 2 N–H and O–H groups in total. The number of aryl methyl sites for hydroxylation is 2. The van der Waals surface area contributed by atoms with E-state index >= 15 is 0 Å². The summed E-state index contributed by atoms with van der Waals surface area (Å²) in [6.07, 6.45) is 0. The second-order valence-corrected chi connectivity index (χ2v) is 5.83. The van der Waals surface area contributed by atoms with E-state index in [-0.39, 0.29) is 18.0 Å². The molecule has 0 radical (unpaired) electrons. The molecule has 116 valence electrons. The lowest BCUT2D eigenvalue weighted by molar-refractivity contribution is -0.117. The van der Waals surface area contributed by atoms with Crippen LogP contribution in [-0.4, -0.2) is 11.9 Å². The van der Waals surface area contributed by atoms with Crippen molar-refractivity contribution in [3.63, 3.8) is 0 Å². The first kappa shape index (κ1) is 16.2. The minimum atomic E-state index is -0.268. The standard InChI is InChI=1S/C19H24N2O/c1-13-10-11-18(14(2)12-13)21-19(22)16(4)20-15(3)17-8-6-5-7-9-17/h5-12,15-16,20H,1-4H3,(H,21,22)/t15-,16+/m0/s1. The Kier molecular flexibility index (Phi) is 5.34. The van der Waals surface area contributed by atoms with E-state index in [0.29, 0.717) is 0 Å². The van der Waals surface area contributed by atoms with Gasteiger partial charge in [-0.3, -0.25) is 10.1 Å². The SMILES string of the molecule is Cc1ccc(NC(=O)[C@@H](C)N[C@@H](C)c2ccccc2)c(C)c1. The fourth-order valence-corrected chi connectivity index (χ4v) is 2.48. The van der Waals surface area contributed by atoms with Crippen LogP contribution in [0.4, 0.5) is 5.69 Å². The Morgan fingerprint density at radius 2 is 1.68 bits per heavy atom. The molecule has 3 nitrogen and oxygen atoms in total. The predicted octanol–water partition coefficient (Wildman–Crippen LogP) is 3.98. The highest BCUT2D eigenvalue weighted by Gasteiger charge is 2.16. The van der Waals surface area contributed by atoms with Gasteiger partial charge in [0.15, 0.2) is 0 Å². The highest BCUT2D eigenvalue weighted by molar-refractivity contribution is 5.95. The van der Waals surface area contributed by atoms with Crippen molar-refractivity contribution in [1.82, 2.24) is 5.32 Å². The summed E-state index contributed by atoms with van der Waals surface area (Å²) in [7, 11) is 0. The van der Waals surface area contributed by atoms with E-state index in [0.717, 1.165) is 11.3 Å². The van der Waals surface area contributed by atoms with Gasteiger partial charge in [0.2, 0.25) is 5.91 Å². The highest BCUT2D eigenvalue weighted by atomic mass is 16.2. The van der Waals surface area contributed by atoms with Crippen molar-refractivity contribution in [1.29, 1.82) is 0 Å². The monoisotopic (exact) mass is 296 g/mol. The van der Waals surface area contributed by atoms with Crippen molar-refractivity contribution in [2.24, 2.45) is 0 Å². The maximum atomic E-state index is 12.3. The van der Waals surface area contributed by atoms with Gasteiger partial charge in [-0.25, -0.2) is 0 Å². The van der Waals surface area contributed by atoms with Gasteiger partial charge in [-0.05, 0) is 44.9 Å². The Morgan fingerprint density at radius 1 is 1.00 bits per heavy atom. The van der Waals surface area contributed by atoms with Crippen molar-refractivity contribution >= 4 is 11.6 Å². The molecule has 0 aliphatic carbocycles. The van der Waals surface area contributed by atoms with Crippen LogP contribution in [0, 0.1) is 13.8 Å². The zero-order chi connectivity index (χ0) is 16.1. The van der Waals surface area contributed by atoms with Crippen molar-refractivity contribution in [3.05, 3.63) is 65.2 Å². The van der Waals surface area contributed by atoms with Gasteiger partial charge in [0.1, 0.15) is 0 Å². The van der Waals surface area contributed by atoms with Crippen molar-refractivity contribution in [2.45, 2.75) is 39.8 Å². The smallest absolute Gasteiger partial charge is 0.241 e. The number of carbonyl (C=O) groups excluding carboxylic acids is 1. The molecular formula is C19H24N2O. The second-order valence-electron chi connectivity index (χ2n) is 5.83. The Balaban J connectivity index is 1.97. The van der Waals surface area contributed by atoms with Gasteiger partial charge < -0.3 is 5.32 Å². The van der Waals surface area contributed by atoms with Crippen LogP contribution >= 0.6 is 0 Å². The van der Waals surface area contributed by atoms with Gasteiger partial charge in [-0.2, -0.15) is 0 Å². The van der Waals surface area contributed by atoms with Crippen LogP contribution in [0.15, 0.2) is 48.5 Å². The molecule has 0 unspecified atom stereocenters. The van der Waals surface area contributed by atoms with Crippen LogP contribution in [0.3, 0.4) is 0 Å². The number of benzene rings is 2. The van der Waals surface area contributed by atoms with E-state index in [1.165, 1.54) is 11.1 Å². The number of hydrogen-bond donors (Lipinski definition) is 2. The van der Waals surface area contributed by atoms with Gasteiger partial charge in [0.25, 0.3) is 0 Å². The van der Waals surface area contributed by atoms with Gasteiger partial charge in [0.05, 0.1) is 6.04 Å². The van der Waals surface area contributed by atoms with E-state index in [9.17, 15) is 4.79 Å². The molecule has 2 aromatic rings. The summed E-state index contributed by atoms with van der Waals surface area (Å²) in [5.41, 5.74) is 4.32. The van der Waals surface area contributed by atoms with Crippen LogP contribution in [0.2, 0.25) is 0 Å². The lowest BCUT2D eigenvalue weighted by atomic mass is 10.1. The third-order valence-electron chi connectivity index (χ3n) is 3.83. The average Bonchev–Trinajstić information content (AvgIpc) is 2.50. The summed E-state index contributed by atoms with van der Waals surface area (Å²) < 4.78 is 0.